The topological polar surface area (TPSA) is 67.9 Å². The van der Waals surface area contributed by atoms with E-state index >= 15 is 0 Å². The number of likely N-dealkylation sites (tertiary alicyclic amines) is 1. The zero-order chi connectivity index (χ0) is 20.5. The van der Waals surface area contributed by atoms with Crippen molar-refractivity contribution in [2.75, 3.05) is 26.7 Å². The Labute approximate surface area is 171 Å². The van der Waals surface area contributed by atoms with Crippen molar-refractivity contribution in [2.24, 2.45) is 0 Å². The van der Waals surface area contributed by atoms with Crippen LogP contribution in [0.2, 0.25) is 0 Å². The lowest BCUT2D eigenvalue weighted by molar-refractivity contribution is -0.130. The number of hydrogen-bond donors (Lipinski definition) is 1. The Morgan fingerprint density at radius 3 is 2.55 bits per heavy atom. The molecule has 2 aromatic carbocycles. The largest absolute Gasteiger partial charge is 0.497 e. The highest BCUT2D eigenvalue weighted by Gasteiger charge is 2.23. The van der Waals surface area contributed by atoms with Crippen molar-refractivity contribution in [3.63, 3.8) is 0 Å². The molecule has 0 bridgehead atoms. The SMILES string of the molecule is COc1ccc(C2CCCCN(C(=O)CNC(=O)OCc3ccccc3)C2)cc1. The van der Waals surface area contributed by atoms with Crippen LogP contribution in [-0.2, 0) is 16.1 Å². The number of nitrogens with one attached hydrogen (secondary N) is 1. The first-order chi connectivity index (χ1) is 14.2. The van der Waals surface area contributed by atoms with Crippen LogP contribution in [0.15, 0.2) is 54.6 Å². The van der Waals surface area contributed by atoms with Crippen LogP contribution >= 0.6 is 0 Å². The number of rotatable bonds is 6. The molecule has 0 radical (unpaired) electrons. The minimum atomic E-state index is -0.580. The predicted molar refractivity (Wildman–Crippen MR) is 111 cm³/mol. The first-order valence-corrected chi connectivity index (χ1v) is 10.0. The van der Waals surface area contributed by atoms with Crippen LogP contribution in [0.1, 0.15) is 36.3 Å². The van der Waals surface area contributed by atoms with E-state index in [2.05, 4.69) is 17.4 Å². The van der Waals surface area contributed by atoms with Crippen molar-refractivity contribution in [1.29, 1.82) is 0 Å². The molecule has 6 nitrogen and oxygen atoms in total. The summed E-state index contributed by atoms with van der Waals surface area (Å²) in [5.41, 5.74) is 2.12. The van der Waals surface area contributed by atoms with E-state index in [1.807, 2.05) is 47.4 Å². The van der Waals surface area contributed by atoms with Crippen molar-refractivity contribution < 1.29 is 19.1 Å². The molecule has 0 spiro atoms. The molecule has 1 atom stereocenters. The number of alkyl carbamates (subject to hydrolysis) is 1. The standard InChI is InChI=1S/C23H28N2O4/c1-28-21-12-10-19(11-13-21)20-9-5-6-14-25(16-20)22(26)15-24-23(27)29-17-18-7-3-2-4-8-18/h2-4,7-8,10-13,20H,5-6,9,14-17H2,1H3,(H,24,27). The molecule has 0 saturated carbocycles. The number of carbonyl (C=O) groups is 2. The molecule has 1 aliphatic rings. The van der Waals surface area contributed by atoms with Gasteiger partial charge in [-0.05, 0) is 36.1 Å². The summed E-state index contributed by atoms with van der Waals surface area (Å²) in [7, 11) is 1.65. The molecular weight excluding hydrogens is 368 g/mol. The van der Waals surface area contributed by atoms with Gasteiger partial charge >= 0.3 is 6.09 Å². The fourth-order valence-corrected chi connectivity index (χ4v) is 3.55. The van der Waals surface area contributed by atoms with Gasteiger partial charge in [0.2, 0.25) is 5.91 Å². The number of benzene rings is 2. The van der Waals surface area contributed by atoms with Crippen LogP contribution in [-0.4, -0.2) is 43.6 Å². The van der Waals surface area contributed by atoms with E-state index in [1.54, 1.807) is 7.11 Å². The van der Waals surface area contributed by atoms with Crippen molar-refractivity contribution in [2.45, 2.75) is 31.8 Å². The minimum Gasteiger partial charge on any atom is -0.497 e. The van der Waals surface area contributed by atoms with E-state index in [0.29, 0.717) is 13.1 Å². The minimum absolute atomic E-state index is 0.0526. The van der Waals surface area contributed by atoms with Crippen LogP contribution in [0.5, 0.6) is 5.75 Å². The molecule has 3 rings (SSSR count). The number of methoxy groups -OCH3 is 1. The molecule has 1 unspecified atom stereocenters. The summed E-state index contributed by atoms with van der Waals surface area (Å²) in [6.07, 6.45) is 2.51. The second-order valence-corrected chi connectivity index (χ2v) is 7.22. The summed E-state index contributed by atoms with van der Waals surface area (Å²) in [6, 6.07) is 17.5. The maximum atomic E-state index is 12.6. The van der Waals surface area contributed by atoms with Gasteiger partial charge in [0, 0.05) is 19.0 Å². The van der Waals surface area contributed by atoms with E-state index in [4.69, 9.17) is 9.47 Å². The van der Waals surface area contributed by atoms with Gasteiger partial charge < -0.3 is 19.7 Å². The first kappa shape index (κ1) is 20.7. The van der Waals surface area contributed by atoms with Crippen LogP contribution < -0.4 is 10.1 Å². The molecule has 1 fully saturated rings. The van der Waals surface area contributed by atoms with Crippen molar-refractivity contribution >= 4 is 12.0 Å². The Morgan fingerprint density at radius 1 is 1.07 bits per heavy atom. The summed E-state index contributed by atoms with van der Waals surface area (Å²) < 4.78 is 10.4. The van der Waals surface area contributed by atoms with Gasteiger partial charge in [-0.2, -0.15) is 0 Å². The fraction of sp³-hybridized carbons (Fsp3) is 0.391. The normalized spacial score (nSPS) is 16.6. The monoisotopic (exact) mass is 396 g/mol. The van der Waals surface area contributed by atoms with Gasteiger partial charge in [0.05, 0.1) is 7.11 Å². The molecule has 1 N–H and O–H groups in total. The molecule has 0 aromatic heterocycles. The summed E-state index contributed by atoms with van der Waals surface area (Å²) in [5.74, 6) is 1.04. The average molecular weight is 396 g/mol. The van der Waals surface area contributed by atoms with Gasteiger partial charge in [-0.15, -0.1) is 0 Å². The van der Waals surface area contributed by atoms with Gasteiger partial charge in [0.15, 0.2) is 0 Å². The Hall–Kier alpha value is -3.02. The molecule has 154 valence electrons. The van der Waals surface area contributed by atoms with Gasteiger partial charge in [-0.25, -0.2) is 4.79 Å². The third-order valence-electron chi connectivity index (χ3n) is 5.21. The molecule has 6 heteroatoms. The molecule has 2 aromatic rings. The Balaban J connectivity index is 1.49. The quantitative estimate of drug-likeness (QED) is 0.808. The van der Waals surface area contributed by atoms with Gasteiger partial charge in [0.25, 0.3) is 0 Å². The van der Waals surface area contributed by atoms with E-state index in [1.165, 1.54) is 5.56 Å². The lowest BCUT2D eigenvalue weighted by Crippen LogP contribution is -2.41. The maximum Gasteiger partial charge on any atom is 0.407 e. The van der Waals surface area contributed by atoms with E-state index in [-0.39, 0.29) is 25.0 Å². The van der Waals surface area contributed by atoms with Gasteiger partial charge in [-0.3, -0.25) is 4.79 Å². The second kappa shape index (κ2) is 10.5. The van der Waals surface area contributed by atoms with Gasteiger partial charge in [0.1, 0.15) is 18.9 Å². The number of ether oxygens (including phenoxy) is 2. The molecule has 2 amide bonds. The maximum absolute atomic E-state index is 12.6. The fourth-order valence-electron chi connectivity index (χ4n) is 3.55. The summed E-state index contributed by atoms with van der Waals surface area (Å²) in [6.45, 7) is 1.51. The summed E-state index contributed by atoms with van der Waals surface area (Å²) in [4.78, 5) is 26.4. The second-order valence-electron chi connectivity index (χ2n) is 7.22. The average Bonchev–Trinajstić information content (AvgIpc) is 3.03. The molecular formula is C23H28N2O4. The van der Waals surface area contributed by atoms with E-state index in [9.17, 15) is 9.59 Å². The van der Waals surface area contributed by atoms with E-state index < -0.39 is 6.09 Å². The number of carbonyl (C=O) groups excluding carboxylic acids is 2. The Bertz CT molecular complexity index is 792. The highest BCUT2D eigenvalue weighted by molar-refractivity contribution is 5.82. The van der Waals surface area contributed by atoms with Crippen LogP contribution in [0.3, 0.4) is 0 Å². The number of amides is 2. The van der Waals surface area contributed by atoms with Gasteiger partial charge in [-0.1, -0.05) is 48.9 Å². The summed E-state index contributed by atoms with van der Waals surface area (Å²) in [5, 5.41) is 2.57. The van der Waals surface area contributed by atoms with Crippen molar-refractivity contribution in [3.05, 3.63) is 65.7 Å². The smallest absolute Gasteiger partial charge is 0.407 e. The predicted octanol–water partition coefficient (Wildman–Crippen LogP) is 3.72. The number of hydrogen-bond acceptors (Lipinski definition) is 4. The van der Waals surface area contributed by atoms with Crippen LogP contribution in [0.4, 0.5) is 4.79 Å². The molecule has 1 heterocycles. The van der Waals surface area contributed by atoms with Crippen molar-refractivity contribution in [1.82, 2.24) is 10.2 Å². The Morgan fingerprint density at radius 2 is 1.83 bits per heavy atom. The molecule has 29 heavy (non-hydrogen) atoms. The molecule has 1 saturated heterocycles. The lowest BCUT2D eigenvalue weighted by atomic mass is 9.94. The zero-order valence-corrected chi connectivity index (χ0v) is 16.8. The third kappa shape index (κ3) is 6.24. The molecule has 1 aliphatic heterocycles. The zero-order valence-electron chi connectivity index (χ0n) is 16.8. The highest BCUT2D eigenvalue weighted by Crippen LogP contribution is 2.27. The van der Waals surface area contributed by atoms with Crippen molar-refractivity contribution in [3.8, 4) is 5.75 Å². The highest BCUT2D eigenvalue weighted by atomic mass is 16.5. The molecule has 0 aliphatic carbocycles. The van der Waals surface area contributed by atoms with Crippen LogP contribution in [0.25, 0.3) is 0 Å². The van der Waals surface area contributed by atoms with E-state index in [0.717, 1.165) is 30.6 Å². The number of nitrogens with zero attached hydrogens (tertiary/aromatic N) is 1. The lowest BCUT2D eigenvalue weighted by Gasteiger charge is -2.25. The summed E-state index contributed by atoms with van der Waals surface area (Å²) >= 11 is 0. The van der Waals surface area contributed by atoms with Crippen LogP contribution in [0, 0.1) is 0 Å². The first-order valence-electron chi connectivity index (χ1n) is 10.0. The third-order valence-corrected chi connectivity index (χ3v) is 5.21. The Kier molecular flexibility index (Phi) is 7.50.